The minimum Gasteiger partial charge on any atom is -0.385 e. The predicted molar refractivity (Wildman–Crippen MR) is 66.8 cm³/mol. The number of carbonyl (C=O) groups excluding carboxylic acids is 2. The Morgan fingerprint density at radius 3 is 2.50 bits per heavy atom. The lowest BCUT2D eigenvalue weighted by molar-refractivity contribution is -0.116. The van der Waals surface area contributed by atoms with Gasteiger partial charge in [0.2, 0.25) is 0 Å². The monoisotopic (exact) mass is 248 g/mol. The van der Waals surface area contributed by atoms with Crippen LogP contribution in [0, 0.1) is 22.2 Å². The van der Waals surface area contributed by atoms with Crippen molar-refractivity contribution in [3.63, 3.8) is 0 Å². The van der Waals surface area contributed by atoms with Gasteiger partial charge in [0.05, 0.1) is 11.0 Å². The highest BCUT2D eigenvalue weighted by atomic mass is 16.3. The van der Waals surface area contributed by atoms with E-state index in [0.29, 0.717) is 18.4 Å². The SMILES string of the molecule is CC1(C)C[C@H]2[C@](O)(C=C(C=O)[C@]3(C=O)C[C@]23C)C1. The Bertz CT molecular complexity index is 478. The summed E-state index contributed by atoms with van der Waals surface area (Å²) in [6.45, 7) is 6.34. The van der Waals surface area contributed by atoms with Gasteiger partial charge in [0.15, 0.2) is 0 Å². The smallest absolute Gasteiger partial charge is 0.146 e. The lowest BCUT2D eigenvalue weighted by Crippen LogP contribution is -2.43. The molecule has 3 rings (SSSR count). The predicted octanol–water partition coefficient (Wildman–Crippen LogP) is 1.89. The average Bonchev–Trinajstić information content (AvgIpc) is 2.81. The largest absolute Gasteiger partial charge is 0.385 e. The number of aliphatic hydroxyl groups is 1. The Hall–Kier alpha value is -0.960. The molecule has 0 aromatic heterocycles. The molecule has 1 N–H and O–H groups in total. The van der Waals surface area contributed by atoms with Gasteiger partial charge in [-0.25, -0.2) is 0 Å². The maximum Gasteiger partial charge on any atom is 0.146 e. The van der Waals surface area contributed by atoms with Crippen LogP contribution in [0.2, 0.25) is 0 Å². The van der Waals surface area contributed by atoms with Crippen LogP contribution >= 0.6 is 0 Å². The summed E-state index contributed by atoms with van der Waals surface area (Å²) in [7, 11) is 0. The van der Waals surface area contributed by atoms with E-state index in [4.69, 9.17) is 0 Å². The van der Waals surface area contributed by atoms with E-state index < -0.39 is 11.0 Å². The third-order valence-electron chi connectivity index (χ3n) is 5.68. The topological polar surface area (TPSA) is 54.4 Å². The average molecular weight is 248 g/mol. The first-order valence-corrected chi connectivity index (χ1v) is 6.60. The minimum absolute atomic E-state index is 0.0640. The molecule has 3 heteroatoms. The van der Waals surface area contributed by atoms with Crippen molar-refractivity contribution < 1.29 is 14.7 Å². The molecule has 0 aromatic carbocycles. The fraction of sp³-hybridized carbons (Fsp3) is 0.733. The highest BCUT2D eigenvalue weighted by Gasteiger charge is 2.76. The number of fused-ring (bicyclic) bond motifs is 3. The number of allylic oxidation sites excluding steroid dienone is 1. The molecule has 0 amide bonds. The summed E-state index contributed by atoms with van der Waals surface area (Å²) < 4.78 is 0. The summed E-state index contributed by atoms with van der Waals surface area (Å²) in [5, 5.41) is 10.9. The Morgan fingerprint density at radius 1 is 1.28 bits per heavy atom. The number of aldehydes is 2. The van der Waals surface area contributed by atoms with Crippen molar-refractivity contribution in [1.82, 2.24) is 0 Å². The summed E-state index contributed by atoms with van der Waals surface area (Å²) in [5.41, 5.74) is -1.20. The summed E-state index contributed by atoms with van der Waals surface area (Å²) >= 11 is 0. The summed E-state index contributed by atoms with van der Waals surface area (Å²) in [4.78, 5) is 22.7. The lowest BCUT2D eigenvalue weighted by atomic mass is 9.67. The first kappa shape index (κ1) is 12.1. The van der Waals surface area contributed by atoms with E-state index in [2.05, 4.69) is 20.8 Å². The molecule has 0 radical (unpaired) electrons. The highest BCUT2D eigenvalue weighted by molar-refractivity contribution is 5.89. The van der Waals surface area contributed by atoms with Gasteiger partial charge in [0.25, 0.3) is 0 Å². The molecular formula is C15H20O3. The van der Waals surface area contributed by atoms with E-state index in [1.807, 2.05) is 0 Å². The van der Waals surface area contributed by atoms with E-state index in [1.165, 1.54) is 0 Å². The van der Waals surface area contributed by atoms with Crippen molar-refractivity contribution in [2.45, 2.75) is 45.6 Å². The number of hydrogen-bond acceptors (Lipinski definition) is 3. The Balaban J connectivity index is 2.15. The molecule has 0 spiro atoms. The van der Waals surface area contributed by atoms with Gasteiger partial charge >= 0.3 is 0 Å². The zero-order valence-electron chi connectivity index (χ0n) is 11.2. The number of carbonyl (C=O) groups is 2. The van der Waals surface area contributed by atoms with Crippen molar-refractivity contribution in [2.24, 2.45) is 22.2 Å². The van der Waals surface area contributed by atoms with Crippen LogP contribution in [-0.2, 0) is 9.59 Å². The summed E-state index contributed by atoms with van der Waals surface area (Å²) in [6.07, 6.45) is 5.67. The van der Waals surface area contributed by atoms with Gasteiger partial charge in [0, 0.05) is 5.57 Å². The zero-order chi connectivity index (χ0) is 13.4. The molecule has 3 nitrogen and oxygen atoms in total. The van der Waals surface area contributed by atoms with Gasteiger partial charge in [-0.05, 0) is 42.1 Å². The van der Waals surface area contributed by atoms with Crippen LogP contribution in [0.5, 0.6) is 0 Å². The number of rotatable bonds is 2. The molecule has 0 heterocycles. The highest BCUT2D eigenvalue weighted by Crippen LogP contribution is 2.77. The second-order valence-electron chi connectivity index (χ2n) is 7.49. The van der Waals surface area contributed by atoms with Crippen LogP contribution in [0.15, 0.2) is 11.6 Å². The fourth-order valence-corrected chi connectivity index (χ4v) is 4.80. The van der Waals surface area contributed by atoms with E-state index in [0.717, 1.165) is 19.0 Å². The third-order valence-corrected chi connectivity index (χ3v) is 5.68. The van der Waals surface area contributed by atoms with Crippen molar-refractivity contribution in [3.05, 3.63) is 11.6 Å². The first-order valence-electron chi connectivity index (χ1n) is 6.60. The van der Waals surface area contributed by atoms with Crippen molar-refractivity contribution in [1.29, 1.82) is 0 Å². The molecule has 18 heavy (non-hydrogen) atoms. The van der Waals surface area contributed by atoms with Gasteiger partial charge in [-0.15, -0.1) is 0 Å². The molecule has 3 aliphatic rings. The fourth-order valence-electron chi connectivity index (χ4n) is 4.80. The van der Waals surface area contributed by atoms with E-state index >= 15 is 0 Å². The van der Waals surface area contributed by atoms with Crippen LogP contribution in [0.25, 0.3) is 0 Å². The molecule has 2 saturated carbocycles. The second kappa shape index (κ2) is 2.96. The van der Waals surface area contributed by atoms with E-state index in [1.54, 1.807) is 6.08 Å². The van der Waals surface area contributed by atoms with Crippen LogP contribution < -0.4 is 0 Å². The third kappa shape index (κ3) is 1.14. The molecular weight excluding hydrogens is 228 g/mol. The molecule has 0 saturated heterocycles. The first-order chi connectivity index (χ1) is 8.23. The van der Waals surface area contributed by atoms with Gasteiger partial charge < -0.3 is 9.90 Å². The number of hydrogen-bond donors (Lipinski definition) is 1. The maximum absolute atomic E-state index is 11.5. The van der Waals surface area contributed by atoms with Crippen LogP contribution in [0.4, 0.5) is 0 Å². The van der Waals surface area contributed by atoms with Crippen molar-refractivity contribution in [3.8, 4) is 0 Å². The van der Waals surface area contributed by atoms with Crippen LogP contribution in [-0.4, -0.2) is 23.3 Å². The van der Waals surface area contributed by atoms with Crippen LogP contribution in [0.3, 0.4) is 0 Å². The molecule has 0 aliphatic heterocycles. The second-order valence-corrected chi connectivity index (χ2v) is 7.49. The molecule has 0 unspecified atom stereocenters. The molecule has 98 valence electrons. The Kier molecular flexibility index (Phi) is 1.99. The quantitative estimate of drug-likeness (QED) is 0.759. The molecule has 3 aliphatic carbocycles. The normalized spacial score (nSPS) is 52.0. The van der Waals surface area contributed by atoms with Gasteiger partial charge in [-0.2, -0.15) is 0 Å². The standard InChI is InChI=1S/C15H20O3/c1-12(2)5-11-13(3)8-14(13,9-17)10(6-16)4-15(11,18)7-12/h4,6,9,11,18H,5,7-8H2,1-3H3/t11-,13-,14-,15+/m1/s1. The van der Waals surface area contributed by atoms with Gasteiger partial charge in [0.1, 0.15) is 12.6 Å². The van der Waals surface area contributed by atoms with Crippen molar-refractivity contribution >= 4 is 12.6 Å². The minimum atomic E-state index is -0.905. The van der Waals surface area contributed by atoms with Gasteiger partial charge in [-0.3, -0.25) is 4.79 Å². The van der Waals surface area contributed by atoms with Crippen LogP contribution in [0.1, 0.15) is 40.0 Å². The molecule has 0 bridgehead atoms. The molecule has 2 fully saturated rings. The van der Waals surface area contributed by atoms with E-state index in [-0.39, 0.29) is 16.7 Å². The maximum atomic E-state index is 11.5. The van der Waals surface area contributed by atoms with Gasteiger partial charge in [-0.1, -0.05) is 20.8 Å². The molecule has 4 atom stereocenters. The Morgan fingerprint density at radius 2 is 1.94 bits per heavy atom. The zero-order valence-corrected chi connectivity index (χ0v) is 11.2. The summed E-state index contributed by atoms with van der Waals surface area (Å²) in [5.74, 6) is 0.0916. The van der Waals surface area contributed by atoms with E-state index in [9.17, 15) is 14.7 Å². The lowest BCUT2D eigenvalue weighted by Gasteiger charge is -2.39. The molecule has 0 aromatic rings. The summed E-state index contributed by atoms with van der Waals surface area (Å²) in [6, 6.07) is 0. The van der Waals surface area contributed by atoms with Crippen molar-refractivity contribution in [2.75, 3.05) is 0 Å². The Labute approximate surface area is 107 Å².